The van der Waals surface area contributed by atoms with Crippen LogP contribution >= 0.6 is 0 Å². The number of hydrogen-bond donors (Lipinski definition) is 3. The maximum absolute atomic E-state index is 5.33. The van der Waals surface area contributed by atoms with Gasteiger partial charge in [-0.15, -0.1) is 0 Å². The topological polar surface area (TPSA) is 45.3 Å². The van der Waals surface area contributed by atoms with Crippen molar-refractivity contribution in [2.45, 2.75) is 13.8 Å². The molecule has 0 aliphatic rings. The van der Waals surface area contributed by atoms with Gasteiger partial charge in [-0.1, -0.05) is 24.3 Å². The highest BCUT2D eigenvalue weighted by Crippen LogP contribution is 2.20. The summed E-state index contributed by atoms with van der Waals surface area (Å²) >= 11 is 0. The van der Waals surface area contributed by atoms with Crippen molar-refractivity contribution in [1.82, 2.24) is 0 Å². The van der Waals surface area contributed by atoms with E-state index in [1.54, 1.807) is 0 Å². The van der Waals surface area contributed by atoms with Gasteiger partial charge in [0.2, 0.25) is 0 Å². The number of para-hydroxylation sites is 1. The van der Waals surface area contributed by atoms with Crippen molar-refractivity contribution in [3.05, 3.63) is 54.1 Å². The van der Waals surface area contributed by atoms with Gasteiger partial charge in [-0.25, -0.2) is 0 Å². The molecule has 2 rings (SSSR count). The number of hydrogen-bond acceptors (Lipinski definition) is 4. The summed E-state index contributed by atoms with van der Waals surface area (Å²) in [6.07, 6.45) is 0. The first-order chi connectivity index (χ1) is 10.3. The van der Waals surface area contributed by atoms with Gasteiger partial charge in [0.05, 0.1) is 6.67 Å². The van der Waals surface area contributed by atoms with Crippen LogP contribution in [0.2, 0.25) is 0 Å². The monoisotopic (exact) mass is 285 g/mol. The van der Waals surface area contributed by atoms with E-state index in [0.717, 1.165) is 17.1 Å². The third-order valence-corrected chi connectivity index (χ3v) is 3.17. The van der Waals surface area contributed by atoms with Crippen LogP contribution in [0.5, 0.6) is 0 Å². The summed E-state index contributed by atoms with van der Waals surface area (Å²) in [7, 11) is 0. The van der Waals surface area contributed by atoms with Crippen LogP contribution in [0.25, 0.3) is 0 Å². The maximum Gasteiger partial charge on any atom is 0.116 e. The van der Waals surface area contributed by atoms with Crippen LogP contribution in [0.15, 0.2) is 48.5 Å². The van der Waals surface area contributed by atoms with Gasteiger partial charge in [0.1, 0.15) is 6.73 Å². The Morgan fingerprint density at radius 2 is 1.67 bits per heavy atom. The van der Waals surface area contributed by atoms with Crippen LogP contribution in [0.4, 0.5) is 17.1 Å². The lowest BCUT2D eigenvalue weighted by Crippen LogP contribution is -2.12. The van der Waals surface area contributed by atoms with Crippen LogP contribution in [-0.4, -0.2) is 20.0 Å². The SMILES string of the molecule is CCOCNc1cc(NCNc2ccccc2)ccc1C. The van der Waals surface area contributed by atoms with Crippen molar-refractivity contribution in [1.29, 1.82) is 0 Å². The molecule has 0 saturated carbocycles. The summed E-state index contributed by atoms with van der Waals surface area (Å²) < 4.78 is 5.33. The van der Waals surface area contributed by atoms with E-state index >= 15 is 0 Å². The van der Waals surface area contributed by atoms with Crippen LogP contribution in [0, 0.1) is 6.92 Å². The van der Waals surface area contributed by atoms with Crippen molar-refractivity contribution < 1.29 is 4.74 Å². The minimum absolute atomic E-state index is 0.531. The third-order valence-electron chi connectivity index (χ3n) is 3.17. The van der Waals surface area contributed by atoms with Gasteiger partial charge >= 0.3 is 0 Å². The van der Waals surface area contributed by atoms with E-state index in [4.69, 9.17) is 4.74 Å². The zero-order valence-corrected chi connectivity index (χ0v) is 12.6. The standard InChI is InChI=1S/C17H23N3O/c1-3-21-13-20-17-11-16(10-9-14(17)2)19-12-18-15-7-5-4-6-8-15/h4-11,18-20H,3,12-13H2,1-2H3. The molecule has 0 amide bonds. The summed E-state index contributed by atoms with van der Waals surface area (Å²) in [6, 6.07) is 16.4. The molecule has 0 spiro atoms. The number of nitrogens with one attached hydrogen (secondary N) is 3. The van der Waals surface area contributed by atoms with Gasteiger partial charge in [0, 0.05) is 23.7 Å². The average Bonchev–Trinajstić information content (AvgIpc) is 2.51. The second-order valence-corrected chi connectivity index (χ2v) is 4.74. The zero-order valence-electron chi connectivity index (χ0n) is 12.6. The minimum atomic E-state index is 0.531. The van der Waals surface area contributed by atoms with Crippen LogP contribution in [0.1, 0.15) is 12.5 Å². The smallest absolute Gasteiger partial charge is 0.116 e. The van der Waals surface area contributed by atoms with Crippen molar-refractivity contribution in [3.8, 4) is 0 Å². The fourth-order valence-corrected chi connectivity index (χ4v) is 1.96. The molecule has 0 aromatic heterocycles. The Labute approximate surface area is 126 Å². The molecule has 0 unspecified atom stereocenters. The van der Waals surface area contributed by atoms with Gasteiger partial charge in [-0.2, -0.15) is 0 Å². The second kappa shape index (κ2) is 8.17. The zero-order chi connectivity index (χ0) is 14.9. The van der Waals surface area contributed by atoms with Crippen LogP contribution in [0.3, 0.4) is 0 Å². The molecule has 21 heavy (non-hydrogen) atoms. The summed E-state index contributed by atoms with van der Waals surface area (Å²) in [5, 5.41) is 9.96. The number of benzene rings is 2. The molecule has 0 saturated heterocycles. The van der Waals surface area contributed by atoms with Crippen molar-refractivity contribution in [2.75, 3.05) is 36.0 Å². The van der Waals surface area contributed by atoms with E-state index in [2.05, 4.69) is 41.1 Å². The van der Waals surface area contributed by atoms with E-state index in [0.29, 0.717) is 20.0 Å². The lowest BCUT2D eigenvalue weighted by molar-refractivity contribution is 0.167. The number of ether oxygens (including phenoxy) is 1. The number of anilines is 3. The first-order valence-electron chi connectivity index (χ1n) is 7.24. The Morgan fingerprint density at radius 3 is 2.43 bits per heavy atom. The molecule has 2 aromatic rings. The van der Waals surface area contributed by atoms with E-state index < -0.39 is 0 Å². The molecular weight excluding hydrogens is 262 g/mol. The largest absolute Gasteiger partial charge is 0.368 e. The fraction of sp³-hybridized carbons (Fsp3) is 0.294. The predicted octanol–water partition coefficient (Wildman–Crippen LogP) is 3.88. The number of aryl methyl sites for hydroxylation is 1. The summed E-state index contributed by atoms with van der Waals surface area (Å²) in [5.74, 6) is 0. The Bertz CT molecular complexity index is 543. The molecule has 4 nitrogen and oxygen atoms in total. The maximum atomic E-state index is 5.33. The van der Waals surface area contributed by atoms with Gasteiger partial charge in [-0.05, 0) is 43.7 Å². The third kappa shape index (κ3) is 5.00. The molecule has 0 aliphatic carbocycles. The molecule has 3 N–H and O–H groups in total. The molecule has 0 aliphatic heterocycles. The molecule has 112 valence electrons. The Morgan fingerprint density at radius 1 is 0.905 bits per heavy atom. The summed E-state index contributed by atoms with van der Waals surface area (Å²) in [5.41, 5.74) is 4.47. The Hall–Kier alpha value is -2.20. The lowest BCUT2D eigenvalue weighted by atomic mass is 10.2. The van der Waals surface area contributed by atoms with Crippen LogP contribution < -0.4 is 16.0 Å². The lowest BCUT2D eigenvalue weighted by Gasteiger charge is -2.13. The van der Waals surface area contributed by atoms with E-state index in [1.807, 2.05) is 37.3 Å². The normalized spacial score (nSPS) is 10.2. The van der Waals surface area contributed by atoms with Crippen molar-refractivity contribution >= 4 is 17.1 Å². The van der Waals surface area contributed by atoms with Gasteiger partial charge in [0.15, 0.2) is 0 Å². The van der Waals surface area contributed by atoms with Gasteiger partial charge < -0.3 is 20.7 Å². The highest BCUT2D eigenvalue weighted by molar-refractivity contribution is 5.61. The van der Waals surface area contributed by atoms with E-state index in [-0.39, 0.29) is 0 Å². The average molecular weight is 285 g/mol. The second-order valence-electron chi connectivity index (χ2n) is 4.74. The molecule has 0 radical (unpaired) electrons. The number of rotatable bonds is 8. The summed E-state index contributed by atoms with van der Waals surface area (Å²) in [6.45, 7) is 5.99. The Balaban J connectivity index is 1.86. The molecule has 0 heterocycles. The highest BCUT2D eigenvalue weighted by atomic mass is 16.5. The van der Waals surface area contributed by atoms with E-state index in [9.17, 15) is 0 Å². The molecule has 0 fully saturated rings. The minimum Gasteiger partial charge on any atom is -0.368 e. The fourth-order valence-electron chi connectivity index (χ4n) is 1.96. The highest BCUT2D eigenvalue weighted by Gasteiger charge is 2.00. The van der Waals surface area contributed by atoms with Gasteiger partial charge in [0.25, 0.3) is 0 Å². The Kier molecular flexibility index (Phi) is 5.91. The molecule has 4 heteroatoms. The van der Waals surface area contributed by atoms with Gasteiger partial charge in [-0.3, -0.25) is 0 Å². The quantitative estimate of drug-likeness (QED) is 0.509. The molecule has 0 atom stereocenters. The van der Waals surface area contributed by atoms with Crippen molar-refractivity contribution in [2.24, 2.45) is 0 Å². The van der Waals surface area contributed by atoms with Crippen LogP contribution in [-0.2, 0) is 4.74 Å². The molecule has 0 bridgehead atoms. The van der Waals surface area contributed by atoms with Crippen molar-refractivity contribution in [3.63, 3.8) is 0 Å². The predicted molar refractivity (Wildman–Crippen MR) is 89.8 cm³/mol. The van der Waals surface area contributed by atoms with E-state index in [1.165, 1.54) is 5.56 Å². The summed E-state index contributed by atoms with van der Waals surface area (Å²) in [4.78, 5) is 0. The molecular formula is C17H23N3O. The molecule has 2 aromatic carbocycles. The first-order valence-corrected chi connectivity index (χ1v) is 7.24. The first kappa shape index (κ1) is 15.2.